The van der Waals surface area contributed by atoms with E-state index < -0.39 is 0 Å². The predicted octanol–water partition coefficient (Wildman–Crippen LogP) is 1.88. The number of aryl methyl sites for hydroxylation is 1. The number of hydrogen-bond donors (Lipinski definition) is 1. The summed E-state index contributed by atoms with van der Waals surface area (Å²) in [4.78, 5) is 23.5. The van der Waals surface area contributed by atoms with Crippen molar-refractivity contribution < 1.29 is 9.32 Å². The summed E-state index contributed by atoms with van der Waals surface area (Å²) < 4.78 is 7.00. The third kappa shape index (κ3) is 2.92. The lowest BCUT2D eigenvalue weighted by Crippen LogP contribution is -2.31. The summed E-state index contributed by atoms with van der Waals surface area (Å²) in [7, 11) is 3.61. The molecule has 0 spiro atoms. The van der Waals surface area contributed by atoms with E-state index in [2.05, 4.69) is 25.5 Å². The number of amides is 1. The number of nitrogens with one attached hydrogen (secondary N) is 1. The van der Waals surface area contributed by atoms with Gasteiger partial charge in [-0.15, -0.1) is 0 Å². The molecule has 0 radical (unpaired) electrons. The normalized spacial score (nSPS) is 16.8. The van der Waals surface area contributed by atoms with Crippen LogP contribution in [0.2, 0.25) is 0 Å². The summed E-state index contributed by atoms with van der Waals surface area (Å²) in [5.41, 5.74) is 1.84. The molecule has 3 aromatic rings. The molecule has 9 heteroatoms. The fraction of sp³-hybridized carbons (Fsp3) is 0.353. The first kappa shape index (κ1) is 16.2. The second-order valence-electron chi connectivity index (χ2n) is 6.21. The Labute approximate surface area is 150 Å². The Morgan fingerprint density at radius 2 is 2.23 bits per heavy atom. The van der Waals surface area contributed by atoms with Crippen LogP contribution in [-0.2, 0) is 7.05 Å². The van der Waals surface area contributed by atoms with Gasteiger partial charge in [0.25, 0.3) is 5.91 Å². The Morgan fingerprint density at radius 1 is 1.35 bits per heavy atom. The van der Waals surface area contributed by atoms with E-state index in [1.807, 2.05) is 13.2 Å². The monoisotopic (exact) mass is 353 g/mol. The van der Waals surface area contributed by atoms with Crippen molar-refractivity contribution in [2.75, 3.05) is 18.9 Å². The van der Waals surface area contributed by atoms with E-state index in [1.54, 1.807) is 41.3 Å². The summed E-state index contributed by atoms with van der Waals surface area (Å²) in [6.45, 7) is 0.657. The van der Waals surface area contributed by atoms with E-state index in [-0.39, 0.29) is 17.6 Å². The molecule has 0 aliphatic carbocycles. The second-order valence-corrected chi connectivity index (χ2v) is 6.21. The minimum Gasteiger partial charge on any atom is -0.372 e. The molecule has 1 N–H and O–H groups in total. The molecule has 0 unspecified atom stereocenters. The number of aromatic nitrogens is 5. The van der Waals surface area contributed by atoms with Gasteiger partial charge >= 0.3 is 0 Å². The third-order valence-corrected chi connectivity index (χ3v) is 4.48. The molecule has 134 valence electrons. The molecule has 4 heterocycles. The Morgan fingerprint density at radius 3 is 3.00 bits per heavy atom. The van der Waals surface area contributed by atoms with Crippen molar-refractivity contribution in [3.05, 3.63) is 42.2 Å². The van der Waals surface area contributed by atoms with Crippen LogP contribution in [0, 0.1) is 0 Å². The Bertz CT molecular complexity index is 933. The fourth-order valence-electron chi connectivity index (χ4n) is 3.19. The molecule has 1 saturated heterocycles. The number of anilines is 1. The van der Waals surface area contributed by atoms with Crippen molar-refractivity contribution in [1.82, 2.24) is 29.8 Å². The van der Waals surface area contributed by atoms with Crippen LogP contribution in [0.15, 0.2) is 35.4 Å². The van der Waals surface area contributed by atoms with Gasteiger partial charge in [0, 0.05) is 32.9 Å². The van der Waals surface area contributed by atoms with E-state index in [4.69, 9.17) is 4.52 Å². The standard InChI is InChI=1S/C17H19N7O2/c1-18-16-9-19-8-13(21-16)14-4-3-5-24(14)17(25)12-6-15(26-22-12)11-7-20-23(2)10-11/h6-10,14H,3-5H2,1-2H3,(H,18,21)/t14-/m0/s1. The third-order valence-electron chi connectivity index (χ3n) is 4.48. The highest BCUT2D eigenvalue weighted by molar-refractivity contribution is 5.93. The molecule has 3 aromatic heterocycles. The van der Waals surface area contributed by atoms with Gasteiger partial charge in [-0.25, -0.2) is 4.98 Å². The van der Waals surface area contributed by atoms with Gasteiger partial charge in [0.1, 0.15) is 5.82 Å². The molecule has 1 aliphatic rings. The molecule has 1 aliphatic heterocycles. The number of nitrogens with zero attached hydrogens (tertiary/aromatic N) is 6. The average Bonchev–Trinajstić information content (AvgIpc) is 3.41. The van der Waals surface area contributed by atoms with Crippen molar-refractivity contribution in [1.29, 1.82) is 0 Å². The molecule has 26 heavy (non-hydrogen) atoms. The second kappa shape index (κ2) is 6.58. The first-order chi connectivity index (χ1) is 12.7. The molecule has 0 saturated carbocycles. The minimum atomic E-state index is -0.164. The van der Waals surface area contributed by atoms with E-state index >= 15 is 0 Å². The van der Waals surface area contributed by atoms with Gasteiger partial charge in [0.15, 0.2) is 11.5 Å². The quantitative estimate of drug-likeness (QED) is 0.764. The van der Waals surface area contributed by atoms with E-state index in [1.165, 1.54) is 0 Å². The zero-order valence-electron chi connectivity index (χ0n) is 14.6. The lowest BCUT2D eigenvalue weighted by atomic mass is 10.1. The number of carbonyl (C=O) groups is 1. The van der Waals surface area contributed by atoms with Crippen LogP contribution in [0.3, 0.4) is 0 Å². The minimum absolute atomic E-state index is 0.109. The lowest BCUT2D eigenvalue weighted by molar-refractivity contribution is 0.0722. The molecule has 0 bridgehead atoms. The van der Waals surface area contributed by atoms with Crippen molar-refractivity contribution in [2.45, 2.75) is 18.9 Å². The molecule has 9 nitrogen and oxygen atoms in total. The van der Waals surface area contributed by atoms with Gasteiger partial charge in [-0.1, -0.05) is 5.16 Å². The molecular formula is C17H19N7O2. The van der Waals surface area contributed by atoms with E-state index in [0.717, 1.165) is 24.1 Å². The highest BCUT2D eigenvalue weighted by atomic mass is 16.5. The zero-order valence-corrected chi connectivity index (χ0v) is 14.6. The van der Waals surface area contributed by atoms with E-state index in [0.29, 0.717) is 18.1 Å². The molecule has 1 atom stereocenters. The molecule has 4 rings (SSSR count). The van der Waals surface area contributed by atoms with Gasteiger partial charge in [0.05, 0.1) is 35.9 Å². The Balaban J connectivity index is 1.58. The number of hydrogen-bond acceptors (Lipinski definition) is 7. The van der Waals surface area contributed by atoms with Crippen LogP contribution in [0.1, 0.15) is 35.1 Å². The van der Waals surface area contributed by atoms with Gasteiger partial charge < -0.3 is 14.7 Å². The highest BCUT2D eigenvalue weighted by Crippen LogP contribution is 2.32. The largest absolute Gasteiger partial charge is 0.372 e. The number of rotatable bonds is 4. The van der Waals surface area contributed by atoms with Crippen molar-refractivity contribution in [3.63, 3.8) is 0 Å². The first-order valence-corrected chi connectivity index (χ1v) is 8.42. The maximum Gasteiger partial charge on any atom is 0.276 e. The van der Waals surface area contributed by atoms with E-state index in [9.17, 15) is 4.79 Å². The number of carbonyl (C=O) groups excluding carboxylic acids is 1. The molecule has 1 amide bonds. The van der Waals surface area contributed by atoms with Crippen molar-refractivity contribution in [2.24, 2.45) is 7.05 Å². The van der Waals surface area contributed by atoms with Crippen LogP contribution < -0.4 is 5.32 Å². The van der Waals surface area contributed by atoms with Crippen LogP contribution >= 0.6 is 0 Å². The molecule has 1 fully saturated rings. The summed E-state index contributed by atoms with van der Waals surface area (Å²) in [5.74, 6) is 1.04. The Hall–Kier alpha value is -3.23. The predicted molar refractivity (Wildman–Crippen MR) is 93.3 cm³/mol. The maximum absolute atomic E-state index is 13.0. The SMILES string of the molecule is CNc1cncc([C@@H]2CCCN2C(=O)c2cc(-c3cnn(C)c3)on2)n1. The van der Waals surface area contributed by atoms with Crippen molar-refractivity contribution >= 4 is 11.7 Å². The van der Waals surface area contributed by atoms with Crippen LogP contribution in [0.5, 0.6) is 0 Å². The topological polar surface area (TPSA) is 102 Å². The van der Waals surface area contributed by atoms with Crippen LogP contribution in [-0.4, -0.2) is 49.3 Å². The fourth-order valence-corrected chi connectivity index (χ4v) is 3.19. The van der Waals surface area contributed by atoms with Gasteiger partial charge in [-0.05, 0) is 12.8 Å². The summed E-state index contributed by atoms with van der Waals surface area (Å²) in [6, 6.07) is 1.55. The summed E-state index contributed by atoms with van der Waals surface area (Å²) >= 11 is 0. The van der Waals surface area contributed by atoms with Gasteiger partial charge in [0.2, 0.25) is 0 Å². The lowest BCUT2D eigenvalue weighted by Gasteiger charge is -2.23. The van der Waals surface area contributed by atoms with Gasteiger partial charge in [-0.2, -0.15) is 5.10 Å². The first-order valence-electron chi connectivity index (χ1n) is 8.42. The van der Waals surface area contributed by atoms with Crippen LogP contribution in [0.25, 0.3) is 11.3 Å². The summed E-state index contributed by atoms with van der Waals surface area (Å²) in [6.07, 6.45) is 8.61. The van der Waals surface area contributed by atoms with Crippen LogP contribution in [0.4, 0.5) is 5.82 Å². The van der Waals surface area contributed by atoms with Crippen molar-refractivity contribution in [3.8, 4) is 11.3 Å². The maximum atomic E-state index is 13.0. The zero-order chi connectivity index (χ0) is 18.1. The molecule has 0 aromatic carbocycles. The smallest absolute Gasteiger partial charge is 0.276 e. The average molecular weight is 353 g/mol. The number of likely N-dealkylation sites (tertiary alicyclic amines) is 1. The molecular weight excluding hydrogens is 334 g/mol. The Kier molecular flexibility index (Phi) is 4.11. The van der Waals surface area contributed by atoms with Gasteiger partial charge in [-0.3, -0.25) is 14.5 Å². The highest BCUT2D eigenvalue weighted by Gasteiger charge is 2.33. The summed E-state index contributed by atoms with van der Waals surface area (Å²) in [5, 5.41) is 11.0.